The first-order valence-corrected chi connectivity index (χ1v) is 9.35. The molecule has 0 bridgehead atoms. The van der Waals surface area contributed by atoms with Crippen molar-refractivity contribution < 1.29 is 9.59 Å². The molecule has 0 aliphatic carbocycles. The van der Waals surface area contributed by atoms with E-state index in [2.05, 4.69) is 36.2 Å². The van der Waals surface area contributed by atoms with Crippen molar-refractivity contribution in [1.82, 2.24) is 15.1 Å². The molecular weight excluding hydrogens is 314 g/mol. The lowest BCUT2D eigenvalue weighted by Gasteiger charge is -2.34. The third-order valence-corrected chi connectivity index (χ3v) is 5.51. The third-order valence-electron chi connectivity index (χ3n) is 5.51. The smallest absolute Gasteiger partial charge is 0.245 e. The lowest BCUT2D eigenvalue weighted by molar-refractivity contribution is -0.137. The quantitative estimate of drug-likeness (QED) is 0.911. The molecular formula is C20H29N3O2. The van der Waals surface area contributed by atoms with Crippen LogP contribution in [0.5, 0.6) is 0 Å². The first-order chi connectivity index (χ1) is 12.0. The predicted molar refractivity (Wildman–Crippen MR) is 97.7 cm³/mol. The Balaban J connectivity index is 1.50. The topological polar surface area (TPSA) is 52.7 Å². The van der Waals surface area contributed by atoms with Crippen molar-refractivity contribution in [2.24, 2.45) is 5.92 Å². The number of hydrogen-bond acceptors (Lipinski definition) is 3. The second-order valence-electron chi connectivity index (χ2n) is 7.60. The van der Waals surface area contributed by atoms with Crippen LogP contribution in [0.2, 0.25) is 0 Å². The summed E-state index contributed by atoms with van der Waals surface area (Å²) >= 11 is 0. The third kappa shape index (κ3) is 4.03. The maximum atomic E-state index is 12.7. The molecule has 0 spiro atoms. The summed E-state index contributed by atoms with van der Waals surface area (Å²) in [6.45, 7) is 9.37. The van der Waals surface area contributed by atoms with Crippen LogP contribution in [-0.2, 0) is 22.7 Å². The molecule has 2 heterocycles. The van der Waals surface area contributed by atoms with Gasteiger partial charge >= 0.3 is 0 Å². The van der Waals surface area contributed by atoms with Gasteiger partial charge in [-0.1, -0.05) is 24.3 Å². The Morgan fingerprint density at radius 1 is 1.04 bits per heavy atom. The molecule has 0 saturated carbocycles. The summed E-state index contributed by atoms with van der Waals surface area (Å²) in [5.74, 6) is 0.0613. The van der Waals surface area contributed by atoms with Gasteiger partial charge < -0.3 is 15.1 Å². The molecule has 1 fully saturated rings. The number of nitrogens with zero attached hydrogens (tertiary/aromatic N) is 2. The van der Waals surface area contributed by atoms with Gasteiger partial charge in [0.2, 0.25) is 11.8 Å². The van der Waals surface area contributed by atoms with Crippen molar-refractivity contribution >= 4 is 11.8 Å². The van der Waals surface area contributed by atoms with Gasteiger partial charge in [-0.2, -0.15) is 0 Å². The second-order valence-corrected chi connectivity index (χ2v) is 7.60. The molecule has 0 radical (unpaired) electrons. The molecule has 1 aromatic rings. The Morgan fingerprint density at radius 2 is 1.60 bits per heavy atom. The number of nitrogens with one attached hydrogen (secondary N) is 1. The monoisotopic (exact) mass is 343 g/mol. The molecule has 0 aromatic heterocycles. The Bertz CT molecular complexity index is 611. The summed E-state index contributed by atoms with van der Waals surface area (Å²) < 4.78 is 0. The van der Waals surface area contributed by atoms with E-state index in [1.54, 1.807) is 6.92 Å². The lowest BCUT2D eigenvalue weighted by Crippen LogP contribution is -2.49. The number of likely N-dealkylation sites (tertiary alicyclic amines) is 1. The van der Waals surface area contributed by atoms with Crippen molar-refractivity contribution in [1.29, 1.82) is 0 Å². The zero-order valence-electron chi connectivity index (χ0n) is 15.5. The van der Waals surface area contributed by atoms with Gasteiger partial charge in [0.1, 0.15) is 6.04 Å². The van der Waals surface area contributed by atoms with E-state index in [4.69, 9.17) is 0 Å². The van der Waals surface area contributed by atoms with Gasteiger partial charge in [-0.3, -0.25) is 9.59 Å². The van der Waals surface area contributed by atoms with Crippen LogP contribution >= 0.6 is 0 Å². The van der Waals surface area contributed by atoms with Gasteiger partial charge in [0.15, 0.2) is 0 Å². The van der Waals surface area contributed by atoms with E-state index in [1.165, 1.54) is 11.1 Å². The first-order valence-electron chi connectivity index (χ1n) is 9.35. The number of piperidine rings is 1. The minimum atomic E-state index is -0.468. The molecule has 0 unspecified atom stereocenters. The molecule has 2 aliphatic rings. The van der Waals surface area contributed by atoms with E-state index in [1.807, 2.05) is 17.0 Å². The Kier molecular flexibility index (Phi) is 5.42. The molecule has 1 saturated heterocycles. The molecule has 3 rings (SSSR count). The molecule has 2 aliphatic heterocycles. The summed E-state index contributed by atoms with van der Waals surface area (Å²) in [6, 6.07) is 8.19. The highest BCUT2D eigenvalue weighted by molar-refractivity contribution is 5.88. The largest absolute Gasteiger partial charge is 0.344 e. The number of benzene rings is 1. The van der Waals surface area contributed by atoms with Gasteiger partial charge in [0.05, 0.1) is 0 Å². The Morgan fingerprint density at radius 3 is 2.12 bits per heavy atom. The van der Waals surface area contributed by atoms with Crippen molar-refractivity contribution in [3.63, 3.8) is 0 Å². The minimum absolute atomic E-state index is 0.00386. The summed E-state index contributed by atoms with van der Waals surface area (Å²) in [6.07, 6.45) is 1.75. The standard InChI is InChI=1S/C20H29N3O2/c1-14(2)22-10-8-16(9-11-22)19(24)21-15(3)20(25)23-12-17-6-4-5-7-18(17)13-23/h4-7,14-16H,8-13H2,1-3H3,(H,21,24)/t15-/m0/s1. The fourth-order valence-corrected chi connectivity index (χ4v) is 3.83. The highest BCUT2D eigenvalue weighted by atomic mass is 16.2. The molecule has 5 nitrogen and oxygen atoms in total. The van der Waals surface area contributed by atoms with Crippen molar-refractivity contribution in [3.8, 4) is 0 Å². The first kappa shape index (κ1) is 17.9. The summed E-state index contributed by atoms with van der Waals surface area (Å²) in [5.41, 5.74) is 2.41. The van der Waals surface area contributed by atoms with E-state index in [0.717, 1.165) is 25.9 Å². The van der Waals surface area contributed by atoms with Gasteiger partial charge in [0.25, 0.3) is 0 Å². The SMILES string of the molecule is CC(C)N1CCC(C(=O)N[C@@H](C)C(=O)N2Cc3ccccc3C2)CC1. The van der Waals surface area contributed by atoms with Crippen molar-refractivity contribution in [2.75, 3.05) is 13.1 Å². The lowest BCUT2D eigenvalue weighted by atomic mass is 9.95. The maximum absolute atomic E-state index is 12.7. The highest BCUT2D eigenvalue weighted by Gasteiger charge is 2.30. The van der Waals surface area contributed by atoms with E-state index in [9.17, 15) is 9.59 Å². The summed E-state index contributed by atoms with van der Waals surface area (Å²) in [4.78, 5) is 29.4. The summed E-state index contributed by atoms with van der Waals surface area (Å²) in [5, 5.41) is 2.95. The molecule has 136 valence electrons. The van der Waals surface area contributed by atoms with Crippen molar-refractivity contribution in [3.05, 3.63) is 35.4 Å². The van der Waals surface area contributed by atoms with Gasteiger partial charge in [-0.15, -0.1) is 0 Å². The zero-order chi connectivity index (χ0) is 18.0. The molecule has 1 N–H and O–H groups in total. The molecule has 25 heavy (non-hydrogen) atoms. The number of fused-ring (bicyclic) bond motifs is 1. The van der Waals surface area contributed by atoms with Crippen LogP contribution in [0, 0.1) is 5.92 Å². The van der Waals surface area contributed by atoms with Crippen LogP contribution in [0.3, 0.4) is 0 Å². The fourth-order valence-electron chi connectivity index (χ4n) is 3.83. The normalized spacial score (nSPS) is 19.8. The van der Waals surface area contributed by atoms with E-state index >= 15 is 0 Å². The van der Waals surface area contributed by atoms with Crippen LogP contribution in [0.1, 0.15) is 44.7 Å². The van der Waals surface area contributed by atoms with Crippen LogP contribution in [0.25, 0.3) is 0 Å². The van der Waals surface area contributed by atoms with Crippen LogP contribution in [0.15, 0.2) is 24.3 Å². The zero-order valence-corrected chi connectivity index (χ0v) is 15.5. The average Bonchev–Trinajstić information content (AvgIpc) is 3.05. The Hall–Kier alpha value is -1.88. The number of amides is 2. The molecule has 2 amide bonds. The van der Waals surface area contributed by atoms with E-state index < -0.39 is 6.04 Å². The second kappa shape index (κ2) is 7.56. The van der Waals surface area contributed by atoms with E-state index in [0.29, 0.717) is 19.1 Å². The highest BCUT2D eigenvalue weighted by Crippen LogP contribution is 2.23. The maximum Gasteiger partial charge on any atom is 0.245 e. The van der Waals surface area contributed by atoms with Gasteiger partial charge in [0, 0.05) is 25.0 Å². The average molecular weight is 343 g/mol. The minimum Gasteiger partial charge on any atom is -0.344 e. The predicted octanol–water partition coefficient (Wildman–Crippen LogP) is 2.15. The van der Waals surface area contributed by atoms with Gasteiger partial charge in [-0.05, 0) is 57.8 Å². The van der Waals surface area contributed by atoms with Crippen LogP contribution in [0.4, 0.5) is 0 Å². The number of hydrogen-bond donors (Lipinski definition) is 1. The summed E-state index contributed by atoms with van der Waals surface area (Å²) in [7, 11) is 0. The number of rotatable bonds is 4. The Labute approximate surface area is 150 Å². The number of carbonyl (C=O) groups is 2. The van der Waals surface area contributed by atoms with Crippen LogP contribution in [-0.4, -0.2) is 46.8 Å². The molecule has 1 atom stereocenters. The number of carbonyl (C=O) groups excluding carboxylic acids is 2. The molecule has 5 heteroatoms. The molecule has 1 aromatic carbocycles. The van der Waals surface area contributed by atoms with Crippen molar-refractivity contribution in [2.45, 2.75) is 58.8 Å². The van der Waals surface area contributed by atoms with E-state index in [-0.39, 0.29) is 17.7 Å². The van der Waals surface area contributed by atoms with Gasteiger partial charge in [-0.25, -0.2) is 0 Å². The fraction of sp³-hybridized carbons (Fsp3) is 0.600. The van der Waals surface area contributed by atoms with Crippen LogP contribution < -0.4 is 5.32 Å².